The number of nitrogens with zero attached hydrogens (tertiary/aromatic N) is 1. The van der Waals surface area contributed by atoms with Crippen molar-refractivity contribution in [2.45, 2.75) is 17.9 Å². The van der Waals surface area contributed by atoms with Gasteiger partial charge in [0.1, 0.15) is 0 Å². The van der Waals surface area contributed by atoms with E-state index in [2.05, 4.69) is 54.6 Å². The van der Waals surface area contributed by atoms with E-state index in [-0.39, 0.29) is 5.91 Å². The maximum absolute atomic E-state index is 12.5. The molecule has 0 bridgehead atoms. The van der Waals surface area contributed by atoms with Gasteiger partial charge in [-0.3, -0.25) is 4.79 Å². The molecule has 3 aromatic rings. The lowest BCUT2D eigenvalue weighted by Crippen LogP contribution is -2.37. The van der Waals surface area contributed by atoms with Crippen LogP contribution >= 0.6 is 11.8 Å². The maximum Gasteiger partial charge on any atom is 0.233 e. The summed E-state index contributed by atoms with van der Waals surface area (Å²) < 4.78 is 0. The molecule has 0 saturated carbocycles. The van der Waals surface area contributed by atoms with Crippen LogP contribution in [0, 0.1) is 0 Å². The van der Waals surface area contributed by atoms with Crippen LogP contribution in [0.15, 0.2) is 71.6 Å². The highest BCUT2D eigenvalue weighted by Gasteiger charge is 2.20. The second-order valence-electron chi connectivity index (χ2n) is 6.13. The van der Waals surface area contributed by atoms with Gasteiger partial charge in [0.25, 0.3) is 0 Å². The zero-order valence-corrected chi connectivity index (χ0v) is 14.3. The summed E-state index contributed by atoms with van der Waals surface area (Å²) >= 11 is 1.63. The Hall–Kier alpha value is -2.26. The minimum atomic E-state index is 0.225. The Morgan fingerprint density at radius 1 is 0.917 bits per heavy atom. The molecule has 120 valence electrons. The van der Waals surface area contributed by atoms with E-state index in [0.29, 0.717) is 5.75 Å². The zero-order valence-electron chi connectivity index (χ0n) is 13.4. The summed E-state index contributed by atoms with van der Waals surface area (Å²) in [6.07, 6.45) is 0.961. The molecular formula is C21H19NOS. The van der Waals surface area contributed by atoms with Crippen LogP contribution in [0.25, 0.3) is 10.8 Å². The topological polar surface area (TPSA) is 20.3 Å². The molecule has 3 heteroatoms. The third-order valence-electron chi connectivity index (χ3n) is 4.57. The molecule has 3 aromatic carbocycles. The lowest BCUT2D eigenvalue weighted by atomic mass is 10.00. The van der Waals surface area contributed by atoms with Crippen molar-refractivity contribution in [1.82, 2.24) is 4.90 Å². The summed E-state index contributed by atoms with van der Waals surface area (Å²) in [5, 5.41) is 2.46. The zero-order chi connectivity index (χ0) is 16.4. The predicted octanol–water partition coefficient (Wildman–Crippen LogP) is 4.52. The van der Waals surface area contributed by atoms with E-state index in [1.807, 2.05) is 17.0 Å². The van der Waals surface area contributed by atoms with Gasteiger partial charge >= 0.3 is 0 Å². The van der Waals surface area contributed by atoms with Crippen molar-refractivity contribution in [1.29, 1.82) is 0 Å². The molecule has 0 radical (unpaired) electrons. The largest absolute Gasteiger partial charge is 0.337 e. The van der Waals surface area contributed by atoms with E-state index in [0.717, 1.165) is 24.4 Å². The molecule has 1 aliphatic heterocycles. The summed E-state index contributed by atoms with van der Waals surface area (Å²) in [4.78, 5) is 15.7. The van der Waals surface area contributed by atoms with E-state index in [1.54, 1.807) is 11.8 Å². The summed E-state index contributed by atoms with van der Waals surface area (Å²) in [5.74, 6) is 0.725. The molecule has 1 amide bonds. The highest BCUT2D eigenvalue weighted by atomic mass is 32.2. The first-order valence-electron chi connectivity index (χ1n) is 8.26. The Labute approximate surface area is 146 Å². The normalized spacial score (nSPS) is 13.8. The lowest BCUT2D eigenvalue weighted by molar-refractivity contribution is -0.129. The molecule has 0 aliphatic carbocycles. The van der Waals surface area contributed by atoms with Gasteiger partial charge in [0.2, 0.25) is 5.91 Å². The maximum atomic E-state index is 12.5. The van der Waals surface area contributed by atoms with Gasteiger partial charge in [-0.05, 0) is 40.5 Å². The van der Waals surface area contributed by atoms with Gasteiger partial charge in [0.15, 0.2) is 0 Å². The van der Waals surface area contributed by atoms with E-state index < -0.39 is 0 Å². The third kappa shape index (κ3) is 3.17. The van der Waals surface area contributed by atoms with Crippen molar-refractivity contribution >= 4 is 28.4 Å². The van der Waals surface area contributed by atoms with Crippen LogP contribution in [-0.2, 0) is 17.8 Å². The van der Waals surface area contributed by atoms with Crippen molar-refractivity contribution in [3.8, 4) is 0 Å². The number of fused-ring (bicyclic) bond motifs is 2. The van der Waals surface area contributed by atoms with Gasteiger partial charge in [-0.15, -0.1) is 11.8 Å². The second-order valence-corrected chi connectivity index (χ2v) is 7.18. The number of benzene rings is 3. The van der Waals surface area contributed by atoms with Gasteiger partial charge in [-0.1, -0.05) is 54.6 Å². The quantitative estimate of drug-likeness (QED) is 0.657. The third-order valence-corrected chi connectivity index (χ3v) is 5.55. The Bertz CT molecular complexity index is 890. The molecule has 1 aliphatic rings. The predicted molar refractivity (Wildman–Crippen MR) is 100 cm³/mol. The van der Waals surface area contributed by atoms with Crippen LogP contribution in [0.2, 0.25) is 0 Å². The summed E-state index contributed by atoms with van der Waals surface area (Å²) in [6.45, 7) is 1.57. The highest BCUT2D eigenvalue weighted by Crippen LogP contribution is 2.25. The molecule has 0 spiro atoms. The molecule has 0 unspecified atom stereocenters. The first kappa shape index (κ1) is 15.3. The van der Waals surface area contributed by atoms with E-state index in [9.17, 15) is 4.79 Å². The first-order chi connectivity index (χ1) is 11.8. The Morgan fingerprint density at radius 2 is 1.67 bits per heavy atom. The number of thioether (sulfide) groups is 1. The fraction of sp³-hybridized carbons (Fsp3) is 0.190. The van der Waals surface area contributed by atoms with E-state index in [1.165, 1.54) is 21.9 Å². The first-order valence-corrected chi connectivity index (χ1v) is 9.24. The molecule has 2 nitrogen and oxygen atoms in total. The number of hydrogen-bond acceptors (Lipinski definition) is 2. The average molecular weight is 333 g/mol. The van der Waals surface area contributed by atoms with E-state index in [4.69, 9.17) is 0 Å². The fourth-order valence-electron chi connectivity index (χ4n) is 3.20. The second kappa shape index (κ2) is 6.70. The molecule has 0 fully saturated rings. The van der Waals surface area contributed by atoms with Gasteiger partial charge in [-0.2, -0.15) is 0 Å². The minimum Gasteiger partial charge on any atom is -0.337 e. The Kier molecular flexibility index (Phi) is 4.26. The van der Waals surface area contributed by atoms with Gasteiger partial charge in [-0.25, -0.2) is 0 Å². The molecule has 0 atom stereocenters. The van der Waals surface area contributed by atoms with Crippen LogP contribution in [0.1, 0.15) is 11.1 Å². The summed E-state index contributed by atoms with van der Waals surface area (Å²) in [7, 11) is 0. The Balaban J connectivity index is 1.41. The fourth-order valence-corrected chi connectivity index (χ4v) is 4.05. The lowest BCUT2D eigenvalue weighted by Gasteiger charge is -2.28. The molecule has 1 heterocycles. The number of hydrogen-bond donors (Lipinski definition) is 0. The average Bonchev–Trinajstić information content (AvgIpc) is 2.65. The molecule has 4 rings (SSSR count). The minimum absolute atomic E-state index is 0.225. The van der Waals surface area contributed by atoms with Crippen molar-refractivity contribution in [3.63, 3.8) is 0 Å². The standard InChI is InChI=1S/C21H19NOS/c23-21(22-12-11-17-6-2-4-8-19(17)14-22)15-24-20-10-9-16-5-1-3-7-18(16)13-20/h1-10,13H,11-12,14-15H2. The van der Waals surface area contributed by atoms with Crippen LogP contribution in [0.5, 0.6) is 0 Å². The molecule has 24 heavy (non-hydrogen) atoms. The Morgan fingerprint density at radius 3 is 2.54 bits per heavy atom. The molecular weight excluding hydrogens is 314 g/mol. The van der Waals surface area contributed by atoms with Crippen molar-refractivity contribution < 1.29 is 4.79 Å². The number of rotatable bonds is 3. The summed E-state index contributed by atoms with van der Waals surface area (Å²) in [5.41, 5.74) is 2.66. The van der Waals surface area contributed by atoms with Crippen LogP contribution in [0.3, 0.4) is 0 Å². The van der Waals surface area contributed by atoms with Gasteiger partial charge in [0.05, 0.1) is 5.75 Å². The van der Waals surface area contributed by atoms with Gasteiger partial charge in [0, 0.05) is 18.0 Å². The van der Waals surface area contributed by atoms with Crippen molar-refractivity contribution in [3.05, 3.63) is 77.9 Å². The van der Waals surface area contributed by atoms with Crippen LogP contribution < -0.4 is 0 Å². The molecule has 0 N–H and O–H groups in total. The SMILES string of the molecule is O=C(CSc1ccc2ccccc2c1)N1CCc2ccccc2C1. The molecule has 0 aromatic heterocycles. The monoisotopic (exact) mass is 333 g/mol. The number of carbonyl (C=O) groups excluding carboxylic acids is 1. The highest BCUT2D eigenvalue weighted by molar-refractivity contribution is 8.00. The van der Waals surface area contributed by atoms with Crippen LogP contribution in [0.4, 0.5) is 0 Å². The van der Waals surface area contributed by atoms with Crippen molar-refractivity contribution in [2.75, 3.05) is 12.3 Å². The summed E-state index contributed by atoms with van der Waals surface area (Å²) in [6, 6.07) is 23.1. The molecule has 0 saturated heterocycles. The number of carbonyl (C=O) groups is 1. The van der Waals surface area contributed by atoms with Crippen molar-refractivity contribution in [2.24, 2.45) is 0 Å². The van der Waals surface area contributed by atoms with Crippen LogP contribution in [-0.4, -0.2) is 23.1 Å². The van der Waals surface area contributed by atoms with Gasteiger partial charge < -0.3 is 4.90 Å². The number of amides is 1. The smallest absolute Gasteiger partial charge is 0.233 e. The van der Waals surface area contributed by atoms with E-state index >= 15 is 0 Å².